The van der Waals surface area contributed by atoms with Gasteiger partial charge in [0.15, 0.2) is 10.7 Å². The van der Waals surface area contributed by atoms with E-state index in [-0.39, 0.29) is 5.78 Å². The Labute approximate surface area is 175 Å². The molecule has 0 radical (unpaired) electrons. The molecule has 1 aliphatic rings. The van der Waals surface area contributed by atoms with E-state index in [4.69, 9.17) is 4.98 Å². The van der Waals surface area contributed by atoms with Crippen LogP contribution in [0.4, 0.5) is 0 Å². The number of nitrogens with zero attached hydrogens (tertiary/aromatic N) is 2. The molecule has 5 rings (SSSR count). The molecule has 2 aromatic carbocycles. The molecule has 2 heterocycles. The molecule has 1 saturated carbocycles. The Balaban J connectivity index is 1.35. The van der Waals surface area contributed by atoms with Crippen LogP contribution in [0.5, 0.6) is 0 Å². The maximum atomic E-state index is 12.7. The number of thiazole rings is 1. The van der Waals surface area contributed by atoms with Gasteiger partial charge in [0.2, 0.25) is 0 Å². The molecule has 4 aromatic rings. The van der Waals surface area contributed by atoms with Crippen LogP contribution < -0.4 is 0 Å². The molecule has 2 aromatic heterocycles. The highest BCUT2D eigenvalue weighted by molar-refractivity contribution is 7.23. The molecule has 0 N–H and O–H groups in total. The fraction of sp³-hybridized carbons (Fsp3) is 0.360. The number of carbonyl (C=O) groups is 1. The minimum Gasteiger partial charge on any atom is -0.294 e. The monoisotopic (exact) mass is 402 g/mol. The maximum absolute atomic E-state index is 12.7. The number of aromatic nitrogens is 2. The normalized spacial score (nSPS) is 14.9. The van der Waals surface area contributed by atoms with Crippen LogP contribution in [-0.4, -0.2) is 15.2 Å². The topological polar surface area (TPSA) is 34.4 Å². The summed E-state index contributed by atoms with van der Waals surface area (Å²) in [6, 6.07) is 14.5. The van der Waals surface area contributed by atoms with Gasteiger partial charge in [-0.05, 0) is 43.5 Å². The highest BCUT2D eigenvalue weighted by Gasteiger charge is 2.16. The standard InChI is InChI=1S/C25H26N2OS/c1-17-6-4-10-19(14-17)21-16-27-22-13-12-20(15-24(22)29-25(27)26-21)23(28)11-5-9-18-7-2-3-8-18/h4,6,10,12-16,18H,2-3,5,7-9,11H2,1H3. The molecule has 0 unspecified atom stereocenters. The Morgan fingerprint density at radius 2 is 2.03 bits per heavy atom. The molecular formula is C25H26N2OS. The van der Waals surface area contributed by atoms with E-state index in [1.807, 2.05) is 6.07 Å². The Morgan fingerprint density at radius 3 is 2.86 bits per heavy atom. The fourth-order valence-electron chi connectivity index (χ4n) is 4.61. The highest BCUT2D eigenvalue weighted by Crippen LogP contribution is 2.32. The summed E-state index contributed by atoms with van der Waals surface area (Å²) < 4.78 is 3.27. The van der Waals surface area contributed by atoms with Gasteiger partial charge in [0, 0.05) is 23.7 Å². The quantitative estimate of drug-likeness (QED) is 0.323. The van der Waals surface area contributed by atoms with Gasteiger partial charge in [-0.2, -0.15) is 0 Å². The summed E-state index contributed by atoms with van der Waals surface area (Å²) in [6.45, 7) is 2.10. The average Bonchev–Trinajstić information content (AvgIpc) is 3.43. The van der Waals surface area contributed by atoms with Crippen molar-refractivity contribution >= 4 is 32.3 Å². The molecule has 0 spiro atoms. The van der Waals surface area contributed by atoms with Crippen molar-refractivity contribution in [3.05, 3.63) is 59.8 Å². The van der Waals surface area contributed by atoms with Crippen LogP contribution in [0, 0.1) is 12.8 Å². The van der Waals surface area contributed by atoms with E-state index >= 15 is 0 Å². The summed E-state index contributed by atoms with van der Waals surface area (Å²) in [4.78, 5) is 18.5. The SMILES string of the molecule is Cc1cccc(-c2cn3c(n2)sc2cc(C(=O)CCCC4CCCC4)ccc23)c1. The second-order valence-corrected chi connectivity index (χ2v) is 9.41. The lowest BCUT2D eigenvalue weighted by atomic mass is 9.98. The van der Waals surface area contributed by atoms with Gasteiger partial charge in [0.05, 0.1) is 15.9 Å². The van der Waals surface area contributed by atoms with Crippen molar-refractivity contribution in [3.8, 4) is 11.3 Å². The number of fused-ring (bicyclic) bond motifs is 3. The van der Waals surface area contributed by atoms with Crippen molar-refractivity contribution in [2.75, 3.05) is 0 Å². The predicted octanol–water partition coefficient (Wildman–Crippen LogP) is 7.07. The van der Waals surface area contributed by atoms with Crippen LogP contribution in [0.3, 0.4) is 0 Å². The zero-order valence-electron chi connectivity index (χ0n) is 16.9. The van der Waals surface area contributed by atoms with Crippen LogP contribution in [0.15, 0.2) is 48.7 Å². The molecular weight excluding hydrogens is 376 g/mol. The molecule has 0 amide bonds. The van der Waals surface area contributed by atoms with Crippen LogP contribution in [-0.2, 0) is 0 Å². The van der Waals surface area contributed by atoms with Gasteiger partial charge in [-0.1, -0.05) is 67.2 Å². The Hall–Kier alpha value is -2.46. The zero-order chi connectivity index (χ0) is 19.8. The molecule has 148 valence electrons. The Kier molecular flexibility index (Phi) is 4.96. The number of imidazole rings is 1. The summed E-state index contributed by atoms with van der Waals surface area (Å²) in [7, 11) is 0. The largest absolute Gasteiger partial charge is 0.294 e. The van der Waals surface area contributed by atoms with Gasteiger partial charge < -0.3 is 0 Å². The van der Waals surface area contributed by atoms with Crippen molar-refractivity contribution in [2.45, 2.75) is 51.9 Å². The van der Waals surface area contributed by atoms with Gasteiger partial charge in [-0.15, -0.1) is 0 Å². The summed E-state index contributed by atoms with van der Waals surface area (Å²) in [5.41, 5.74) is 5.34. The van der Waals surface area contributed by atoms with Crippen molar-refractivity contribution in [1.82, 2.24) is 9.38 Å². The van der Waals surface area contributed by atoms with Gasteiger partial charge in [-0.25, -0.2) is 4.98 Å². The summed E-state index contributed by atoms with van der Waals surface area (Å²) in [5.74, 6) is 1.13. The average molecular weight is 403 g/mol. The van der Waals surface area contributed by atoms with E-state index in [1.165, 1.54) is 37.7 Å². The summed E-state index contributed by atoms with van der Waals surface area (Å²) in [5, 5.41) is 0. The lowest BCUT2D eigenvalue weighted by Crippen LogP contribution is -2.01. The minimum atomic E-state index is 0.274. The molecule has 0 bridgehead atoms. The molecule has 4 heteroatoms. The number of aryl methyl sites for hydroxylation is 1. The fourth-order valence-corrected chi connectivity index (χ4v) is 5.66. The maximum Gasteiger partial charge on any atom is 0.195 e. The van der Waals surface area contributed by atoms with Crippen LogP contribution in [0.1, 0.15) is 60.9 Å². The van der Waals surface area contributed by atoms with Crippen LogP contribution >= 0.6 is 11.3 Å². The molecule has 0 saturated heterocycles. The van der Waals surface area contributed by atoms with E-state index in [1.54, 1.807) is 11.3 Å². The summed E-state index contributed by atoms with van der Waals surface area (Å²) >= 11 is 1.66. The first-order valence-electron chi connectivity index (χ1n) is 10.7. The van der Waals surface area contributed by atoms with E-state index in [9.17, 15) is 4.79 Å². The first-order valence-corrected chi connectivity index (χ1v) is 11.5. The van der Waals surface area contributed by atoms with E-state index in [0.29, 0.717) is 6.42 Å². The van der Waals surface area contributed by atoms with E-state index in [2.05, 4.69) is 53.9 Å². The minimum absolute atomic E-state index is 0.274. The third kappa shape index (κ3) is 3.74. The van der Waals surface area contributed by atoms with E-state index < -0.39 is 0 Å². The van der Waals surface area contributed by atoms with Gasteiger partial charge in [0.1, 0.15) is 0 Å². The van der Waals surface area contributed by atoms with Crippen molar-refractivity contribution in [2.24, 2.45) is 5.92 Å². The van der Waals surface area contributed by atoms with E-state index in [0.717, 1.165) is 44.3 Å². The second kappa shape index (κ2) is 7.75. The van der Waals surface area contributed by atoms with Gasteiger partial charge in [0.25, 0.3) is 0 Å². The first kappa shape index (κ1) is 18.6. The van der Waals surface area contributed by atoms with Crippen molar-refractivity contribution in [3.63, 3.8) is 0 Å². The third-order valence-corrected chi connectivity index (χ3v) is 7.24. The number of hydrogen-bond donors (Lipinski definition) is 0. The van der Waals surface area contributed by atoms with Crippen molar-refractivity contribution in [1.29, 1.82) is 0 Å². The number of Topliss-reactive ketones (excluding diaryl/α,β-unsaturated/α-hetero) is 1. The summed E-state index contributed by atoms with van der Waals surface area (Å²) in [6.07, 6.45) is 10.5. The number of carbonyl (C=O) groups excluding carboxylic acids is 1. The first-order chi connectivity index (χ1) is 14.2. The van der Waals surface area contributed by atoms with Gasteiger partial charge >= 0.3 is 0 Å². The lowest BCUT2D eigenvalue weighted by Gasteiger charge is -2.07. The predicted molar refractivity (Wildman–Crippen MR) is 121 cm³/mol. The number of ketones is 1. The molecule has 29 heavy (non-hydrogen) atoms. The molecule has 3 nitrogen and oxygen atoms in total. The zero-order valence-corrected chi connectivity index (χ0v) is 17.7. The van der Waals surface area contributed by atoms with Crippen LogP contribution in [0.2, 0.25) is 0 Å². The molecule has 1 fully saturated rings. The Morgan fingerprint density at radius 1 is 1.17 bits per heavy atom. The third-order valence-electron chi connectivity index (χ3n) is 6.22. The van der Waals surface area contributed by atoms with Crippen molar-refractivity contribution < 1.29 is 4.79 Å². The van der Waals surface area contributed by atoms with Gasteiger partial charge in [-0.3, -0.25) is 9.20 Å². The molecule has 1 aliphatic carbocycles. The highest BCUT2D eigenvalue weighted by atomic mass is 32.1. The number of rotatable bonds is 6. The molecule has 0 aliphatic heterocycles. The molecule has 0 atom stereocenters. The number of benzene rings is 2. The lowest BCUT2D eigenvalue weighted by molar-refractivity contribution is 0.0978. The van der Waals surface area contributed by atoms with Crippen LogP contribution in [0.25, 0.3) is 26.4 Å². The smallest absolute Gasteiger partial charge is 0.195 e. The Bertz CT molecular complexity index is 1180. The second-order valence-electron chi connectivity index (χ2n) is 8.40. The number of hydrogen-bond acceptors (Lipinski definition) is 3.